The minimum atomic E-state index is -1.42. The molecule has 1 unspecified atom stereocenters. The van der Waals surface area contributed by atoms with Gasteiger partial charge in [-0.1, -0.05) is 0 Å². The van der Waals surface area contributed by atoms with Crippen LogP contribution >= 0.6 is 12.6 Å². The lowest BCUT2D eigenvalue weighted by molar-refractivity contribution is 0.0146. The van der Waals surface area contributed by atoms with Crippen molar-refractivity contribution in [2.24, 2.45) is 0 Å². The zero-order chi connectivity index (χ0) is 13.3. The van der Waals surface area contributed by atoms with E-state index in [9.17, 15) is 5.11 Å². The van der Waals surface area contributed by atoms with Crippen molar-refractivity contribution in [1.29, 1.82) is 0 Å². The summed E-state index contributed by atoms with van der Waals surface area (Å²) in [6.07, 6.45) is 6.33. The van der Waals surface area contributed by atoms with E-state index in [1.165, 1.54) is 11.0 Å². The summed E-state index contributed by atoms with van der Waals surface area (Å²) in [5.41, 5.74) is -0.422. The van der Waals surface area contributed by atoms with Crippen LogP contribution in [0.4, 0.5) is 0 Å². The molecule has 19 heavy (non-hydrogen) atoms. The van der Waals surface area contributed by atoms with Gasteiger partial charge in [-0.15, -0.1) is 5.10 Å². The van der Waals surface area contributed by atoms with Crippen molar-refractivity contribution in [2.45, 2.75) is 5.72 Å². The zero-order valence-electron chi connectivity index (χ0n) is 9.88. The number of aromatic nitrogens is 5. The van der Waals surface area contributed by atoms with Crippen LogP contribution < -0.4 is 0 Å². The molecule has 0 spiro atoms. The molecule has 0 aliphatic heterocycles. The molecule has 7 heteroatoms. The second kappa shape index (κ2) is 4.60. The summed E-state index contributed by atoms with van der Waals surface area (Å²) < 4.78 is 1.43. The van der Waals surface area contributed by atoms with E-state index in [4.69, 9.17) is 0 Å². The molecule has 0 bridgehead atoms. The minimum absolute atomic E-state index is 0.137. The smallest absolute Gasteiger partial charge is 0.210 e. The first-order valence-corrected chi connectivity index (χ1v) is 6.28. The summed E-state index contributed by atoms with van der Waals surface area (Å²) in [4.78, 5) is 12.1. The van der Waals surface area contributed by atoms with Crippen LogP contribution in [0.2, 0.25) is 0 Å². The monoisotopic (exact) mass is 273 g/mol. The SMILES string of the molecule is OC(CS)(c1ccncn1)n1cc2cccnc2n1. The van der Waals surface area contributed by atoms with E-state index in [2.05, 4.69) is 32.7 Å². The topological polar surface area (TPSA) is 76.7 Å². The Balaban J connectivity index is 2.16. The van der Waals surface area contributed by atoms with Crippen molar-refractivity contribution in [1.82, 2.24) is 24.7 Å². The number of hydrogen-bond donors (Lipinski definition) is 2. The summed E-state index contributed by atoms with van der Waals surface area (Å²) in [5.74, 6) is 0.137. The van der Waals surface area contributed by atoms with Gasteiger partial charge in [-0.2, -0.15) is 12.6 Å². The molecular weight excluding hydrogens is 262 g/mol. The summed E-state index contributed by atoms with van der Waals surface area (Å²) in [6.45, 7) is 0. The van der Waals surface area contributed by atoms with Crippen molar-refractivity contribution in [3.63, 3.8) is 0 Å². The fraction of sp³-hybridized carbons (Fsp3) is 0.167. The minimum Gasteiger partial charge on any atom is -0.364 e. The molecule has 0 fully saturated rings. The maximum absolute atomic E-state index is 10.8. The van der Waals surface area contributed by atoms with Gasteiger partial charge in [0.15, 0.2) is 5.65 Å². The number of nitrogens with zero attached hydrogens (tertiary/aromatic N) is 5. The van der Waals surface area contributed by atoms with Gasteiger partial charge in [0.2, 0.25) is 5.72 Å². The third-order valence-corrected chi connectivity index (χ3v) is 3.31. The highest BCUT2D eigenvalue weighted by atomic mass is 32.1. The molecule has 0 saturated heterocycles. The summed E-state index contributed by atoms with van der Waals surface area (Å²) in [5, 5.41) is 15.9. The van der Waals surface area contributed by atoms with Gasteiger partial charge >= 0.3 is 0 Å². The molecule has 3 aromatic rings. The third kappa shape index (κ3) is 1.96. The summed E-state index contributed by atoms with van der Waals surface area (Å²) >= 11 is 4.21. The Morgan fingerprint density at radius 3 is 2.84 bits per heavy atom. The van der Waals surface area contributed by atoms with Crippen LogP contribution in [0.25, 0.3) is 11.0 Å². The molecule has 96 valence electrons. The van der Waals surface area contributed by atoms with Gasteiger partial charge in [0.25, 0.3) is 0 Å². The van der Waals surface area contributed by atoms with Crippen molar-refractivity contribution < 1.29 is 5.11 Å². The van der Waals surface area contributed by atoms with Crippen LogP contribution in [0.5, 0.6) is 0 Å². The molecular formula is C12H11N5OS. The highest BCUT2D eigenvalue weighted by Crippen LogP contribution is 2.24. The molecule has 0 aromatic carbocycles. The van der Waals surface area contributed by atoms with Crippen LogP contribution in [0.15, 0.2) is 43.1 Å². The van der Waals surface area contributed by atoms with Crippen molar-refractivity contribution >= 4 is 23.7 Å². The fourth-order valence-corrected chi connectivity index (χ4v) is 2.15. The van der Waals surface area contributed by atoms with E-state index in [1.54, 1.807) is 24.7 Å². The van der Waals surface area contributed by atoms with Gasteiger partial charge < -0.3 is 5.11 Å². The van der Waals surface area contributed by atoms with Crippen LogP contribution in [0, 0.1) is 0 Å². The Morgan fingerprint density at radius 1 is 1.26 bits per heavy atom. The number of aliphatic hydroxyl groups is 1. The van der Waals surface area contributed by atoms with Crippen molar-refractivity contribution in [2.75, 3.05) is 5.75 Å². The number of rotatable bonds is 3. The fourth-order valence-electron chi connectivity index (χ4n) is 1.84. The molecule has 1 atom stereocenters. The first kappa shape index (κ1) is 12.1. The predicted octanol–water partition coefficient (Wildman–Crippen LogP) is 0.844. The molecule has 3 heterocycles. The summed E-state index contributed by atoms with van der Waals surface area (Å²) in [6, 6.07) is 5.33. The molecule has 0 amide bonds. The summed E-state index contributed by atoms with van der Waals surface area (Å²) in [7, 11) is 0. The highest BCUT2D eigenvalue weighted by molar-refractivity contribution is 7.80. The predicted molar refractivity (Wildman–Crippen MR) is 72.7 cm³/mol. The van der Waals surface area contributed by atoms with E-state index in [0.717, 1.165) is 5.39 Å². The average Bonchev–Trinajstić information content (AvgIpc) is 2.92. The Hall–Kier alpha value is -1.99. The Labute approximate surface area is 114 Å². The van der Waals surface area contributed by atoms with Crippen molar-refractivity contribution in [3.05, 3.63) is 48.8 Å². The van der Waals surface area contributed by atoms with Crippen molar-refractivity contribution in [3.8, 4) is 0 Å². The molecule has 1 N–H and O–H groups in total. The first-order valence-electron chi connectivity index (χ1n) is 5.64. The number of thiol groups is 1. The lowest BCUT2D eigenvalue weighted by atomic mass is 10.1. The molecule has 3 aromatic heterocycles. The molecule has 0 aliphatic carbocycles. The Morgan fingerprint density at radius 2 is 2.16 bits per heavy atom. The normalized spacial score (nSPS) is 14.4. The van der Waals surface area contributed by atoms with Crippen LogP contribution in [-0.2, 0) is 5.72 Å². The van der Waals surface area contributed by atoms with E-state index in [-0.39, 0.29) is 5.75 Å². The first-order chi connectivity index (χ1) is 9.24. The van der Waals surface area contributed by atoms with E-state index in [0.29, 0.717) is 11.3 Å². The third-order valence-electron chi connectivity index (χ3n) is 2.87. The lowest BCUT2D eigenvalue weighted by Gasteiger charge is -2.25. The number of hydrogen-bond acceptors (Lipinski definition) is 6. The molecule has 3 rings (SSSR count). The van der Waals surface area contributed by atoms with Gasteiger partial charge in [-0.25, -0.2) is 19.6 Å². The molecule has 0 saturated carbocycles. The molecule has 6 nitrogen and oxygen atoms in total. The highest BCUT2D eigenvalue weighted by Gasteiger charge is 2.32. The van der Waals surface area contributed by atoms with E-state index >= 15 is 0 Å². The van der Waals surface area contributed by atoms with Crippen LogP contribution in [0.1, 0.15) is 5.69 Å². The van der Waals surface area contributed by atoms with Crippen LogP contribution in [0.3, 0.4) is 0 Å². The maximum atomic E-state index is 10.8. The van der Waals surface area contributed by atoms with Crippen LogP contribution in [-0.4, -0.2) is 35.6 Å². The second-order valence-corrected chi connectivity index (χ2v) is 4.38. The quantitative estimate of drug-likeness (QED) is 0.692. The zero-order valence-corrected chi connectivity index (χ0v) is 10.8. The lowest BCUT2D eigenvalue weighted by Crippen LogP contribution is -2.38. The maximum Gasteiger partial charge on any atom is 0.210 e. The van der Waals surface area contributed by atoms with Gasteiger partial charge in [0, 0.05) is 29.7 Å². The molecule has 0 aliphatic rings. The molecule has 0 radical (unpaired) electrons. The van der Waals surface area contributed by atoms with Gasteiger partial charge in [0.05, 0.1) is 5.69 Å². The average molecular weight is 273 g/mol. The number of pyridine rings is 1. The largest absolute Gasteiger partial charge is 0.364 e. The second-order valence-electron chi connectivity index (χ2n) is 4.06. The number of fused-ring (bicyclic) bond motifs is 1. The Bertz CT molecular complexity index is 668. The van der Waals surface area contributed by atoms with E-state index in [1.807, 2.05) is 12.1 Å². The van der Waals surface area contributed by atoms with Gasteiger partial charge in [0.1, 0.15) is 6.33 Å². The van der Waals surface area contributed by atoms with Gasteiger partial charge in [-0.3, -0.25) is 0 Å². The standard InChI is InChI=1S/C12H11N5OS/c18-12(7-19,10-3-5-13-8-15-10)17-6-9-2-1-4-14-11(9)16-17/h1-6,8,18-19H,7H2. The van der Waals surface area contributed by atoms with Gasteiger partial charge in [-0.05, 0) is 18.2 Å². The van der Waals surface area contributed by atoms with E-state index < -0.39 is 5.72 Å². The Kier molecular flexibility index (Phi) is 2.92.